The fraction of sp³-hybridized carbons (Fsp3) is 0.318. The van der Waals surface area contributed by atoms with Gasteiger partial charge in [-0.25, -0.2) is 13.4 Å². The lowest BCUT2D eigenvalue weighted by Crippen LogP contribution is -2.30. The minimum Gasteiger partial charge on any atom is -0.349 e. The fourth-order valence-corrected chi connectivity index (χ4v) is 5.43. The summed E-state index contributed by atoms with van der Waals surface area (Å²) in [6.07, 6.45) is 1.88. The molecule has 1 N–H and O–H groups in total. The molecular formula is C22H26N4O3S2. The molecule has 1 amide bonds. The highest BCUT2D eigenvalue weighted by atomic mass is 32.2. The summed E-state index contributed by atoms with van der Waals surface area (Å²) >= 11 is 1.46. The van der Waals surface area contributed by atoms with Crippen molar-refractivity contribution in [1.82, 2.24) is 19.6 Å². The third kappa shape index (κ3) is 5.55. The first kappa shape index (κ1) is 23.1. The smallest absolute Gasteiger partial charge is 0.243 e. The minimum absolute atomic E-state index is 0.148. The number of sulfonamides is 1. The van der Waals surface area contributed by atoms with Gasteiger partial charge in [0.15, 0.2) is 0 Å². The van der Waals surface area contributed by atoms with Crippen LogP contribution in [0.3, 0.4) is 0 Å². The number of carbonyl (C=O) groups excluding carboxylic acids is 1. The van der Waals surface area contributed by atoms with E-state index >= 15 is 0 Å². The molecule has 0 bridgehead atoms. The number of nitrogens with one attached hydrogen (secondary N) is 1. The molecule has 9 heteroatoms. The molecule has 0 spiro atoms. The molecule has 1 atom stereocenters. The van der Waals surface area contributed by atoms with Gasteiger partial charge in [0.05, 0.1) is 28.7 Å². The Labute approximate surface area is 187 Å². The van der Waals surface area contributed by atoms with Gasteiger partial charge in [-0.3, -0.25) is 9.78 Å². The highest BCUT2D eigenvalue weighted by Gasteiger charge is 2.21. The molecule has 0 fully saturated rings. The number of pyridine rings is 1. The molecule has 0 aliphatic heterocycles. The average molecular weight is 459 g/mol. The van der Waals surface area contributed by atoms with Crippen molar-refractivity contribution in [2.75, 3.05) is 13.1 Å². The Balaban J connectivity index is 1.62. The molecule has 0 saturated carbocycles. The summed E-state index contributed by atoms with van der Waals surface area (Å²) in [5.41, 5.74) is 2.31. The molecule has 0 radical (unpaired) electrons. The number of aromatic nitrogens is 2. The monoisotopic (exact) mass is 458 g/mol. The number of amides is 1. The zero-order valence-electron chi connectivity index (χ0n) is 17.8. The Morgan fingerprint density at radius 1 is 1.13 bits per heavy atom. The topological polar surface area (TPSA) is 92.3 Å². The maximum absolute atomic E-state index is 12.6. The maximum Gasteiger partial charge on any atom is 0.243 e. The first-order valence-electron chi connectivity index (χ1n) is 10.1. The molecular weight excluding hydrogens is 432 g/mol. The van der Waals surface area contributed by atoms with Crippen LogP contribution in [-0.4, -0.2) is 41.7 Å². The second kappa shape index (κ2) is 10.1. The van der Waals surface area contributed by atoms with E-state index in [4.69, 9.17) is 0 Å². The highest BCUT2D eigenvalue weighted by molar-refractivity contribution is 7.89. The van der Waals surface area contributed by atoms with Crippen LogP contribution in [0.25, 0.3) is 10.7 Å². The Kier molecular flexibility index (Phi) is 7.53. The van der Waals surface area contributed by atoms with Crippen LogP contribution in [0.4, 0.5) is 0 Å². The van der Waals surface area contributed by atoms with Gasteiger partial charge >= 0.3 is 0 Å². The van der Waals surface area contributed by atoms with Gasteiger partial charge < -0.3 is 5.32 Å². The summed E-state index contributed by atoms with van der Waals surface area (Å²) in [7, 11) is -3.49. The Bertz CT molecular complexity index is 1110. The van der Waals surface area contributed by atoms with Crippen molar-refractivity contribution < 1.29 is 13.2 Å². The summed E-state index contributed by atoms with van der Waals surface area (Å²) in [4.78, 5) is 21.5. The zero-order chi connectivity index (χ0) is 22.4. The van der Waals surface area contributed by atoms with Gasteiger partial charge in [0.25, 0.3) is 0 Å². The van der Waals surface area contributed by atoms with Crippen LogP contribution in [0.5, 0.6) is 0 Å². The van der Waals surface area contributed by atoms with E-state index < -0.39 is 10.0 Å². The largest absolute Gasteiger partial charge is 0.349 e. The summed E-state index contributed by atoms with van der Waals surface area (Å²) in [6, 6.07) is 12.0. The summed E-state index contributed by atoms with van der Waals surface area (Å²) in [6.45, 7) is 6.34. The van der Waals surface area contributed by atoms with E-state index in [2.05, 4.69) is 15.3 Å². The van der Waals surface area contributed by atoms with E-state index in [1.54, 1.807) is 30.5 Å². The lowest BCUT2D eigenvalue weighted by Gasteiger charge is -2.19. The molecule has 2 heterocycles. The van der Waals surface area contributed by atoms with Crippen LogP contribution in [0.15, 0.2) is 58.9 Å². The number of rotatable bonds is 9. The van der Waals surface area contributed by atoms with Crippen molar-refractivity contribution >= 4 is 27.3 Å². The third-order valence-electron chi connectivity index (χ3n) is 4.88. The van der Waals surface area contributed by atoms with Gasteiger partial charge in [-0.1, -0.05) is 32.0 Å². The van der Waals surface area contributed by atoms with E-state index in [-0.39, 0.29) is 23.3 Å². The van der Waals surface area contributed by atoms with Gasteiger partial charge in [-0.15, -0.1) is 11.3 Å². The third-order valence-corrected chi connectivity index (χ3v) is 7.86. The van der Waals surface area contributed by atoms with E-state index in [9.17, 15) is 13.2 Å². The number of benzene rings is 1. The van der Waals surface area contributed by atoms with Crippen molar-refractivity contribution in [2.45, 2.75) is 38.1 Å². The van der Waals surface area contributed by atoms with Crippen LogP contribution < -0.4 is 5.32 Å². The molecule has 31 heavy (non-hydrogen) atoms. The zero-order valence-corrected chi connectivity index (χ0v) is 19.4. The minimum atomic E-state index is -3.49. The predicted molar refractivity (Wildman–Crippen MR) is 122 cm³/mol. The van der Waals surface area contributed by atoms with Crippen molar-refractivity contribution in [2.24, 2.45) is 0 Å². The molecule has 164 valence electrons. The van der Waals surface area contributed by atoms with Gasteiger partial charge in [0.1, 0.15) is 5.01 Å². The molecule has 1 unspecified atom stereocenters. The van der Waals surface area contributed by atoms with Crippen LogP contribution in [0.2, 0.25) is 0 Å². The Morgan fingerprint density at radius 3 is 2.45 bits per heavy atom. The first-order valence-corrected chi connectivity index (χ1v) is 12.4. The summed E-state index contributed by atoms with van der Waals surface area (Å²) in [5, 5.41) is 5.59. The molecule has 0 aliphatic carbocycles. The van der Waals surface area contributed by atoms with E-state index in [1.807, 2.05) is 44.4 Å². The molecule has 7 nitrogen and oxygen atoms in total. The molecule has 2 aromatic heterocycles. The van der Waals surface area contributed by atoms with E-state index in [0.29, 0.717) is 18.8 Å². The molecule has 0 saturated heterocycles. The number of hydrogen-bond acceptors (Lipinski definition) is 6. The van der Waals surface area contributed by atoms with Crippen LogP contribution in [0, 0.1) is 0 Å². The SMILES string of the molecule is CCN(CC)S(=O)(=O)c1ccc(C(C)NC(=O)Cc2csc(-c3ccccn3)n2)cc1. The molecule has 3 aromatic rings. The number of thiazole rings is 1. The van der Waals surface area contributed by atoms with Crippen molar-refractivity contribution in [3.05, 3.63) is 65.3 Å². The number of hydrogen-bond donors (Lipinski definition) is 1. The highest BCUT2D eigenvalue weighted by Crippen LogP contribution is 2.22. The Morgan fingerprint density at radius 2 is 1.84 bits per heavy atom. The van der Waals surface area contributed by atoms with Gasteiger partial charge in [0.2, 0.25) is 15.9 Å². The first-order chi connectivity index (χ1) is 14.8. The van der Waals surface area contributed by atoms with E-state index in [1.165, 1.54) is 15.6 Å². The lowest BCUT2D eigenvalue weighted by atomic mass is 10.1. The van der Waals surface area contributed by atoms with Gasteiger partial charge in [-0.05, 0) is 36.8 Å². The summed E-state index contributed by atoms with van der Waals surface area (Å²) in [5.74, 6) is -0.148. The van der Waals surface area contributed by atoms with Crippen LogP contribution >= 0.6 is 11.3 Å². The number of nitrogens with zero attached hydrogens (tertiary/aromatic N) is 3. The summed E-state index contributed by atoms with van der Waals surface area (Å²) < 4.78 is 26.6. The van der Waals surface area contributed by atoms with Gasteiger partial charge in [0, 0.05) is 24.7 Å². The number of carbonyl (C=O) groups is 1. The normalized spacial score (nSPS) is 12.6. The maximum atomic E-state index is 12.6. The van der Waals surface area contributed by atoms with Crippen molar-refractivity contribution in [3.63, 3.8) is 0 Å². The molecule has 3 rings (SSSR count). The Hall–Kier alpha value is -2.62. The van der Waals surface area contributed by atoms with Crippen molar-refractivity contribution in [3.8, 4) is 10.7 Å². The second-order valence-corrected chi connectivity index (χ2v) is 9.78. The van der Waals surface area contributed by atoms with Crippen molar-refractivity contribution in [1.29, 1.82) is 0 Å². The van der Waals surface area contributed by atoms with E-state index in [0.717, 1.165) is 16.3 Å². The standard InChI is InChI=1S/C22H26N4O3S2/c1-4-26(5-2)31(28,29)19-11-9-17(10-12-19)16(3)24-21(27)14-18-15-30-22(25-18)20-8-6-7-13-23-20/h6-13,15-16H,4-5,14H2,1-3H3,(H,24,27). The average Bonchev–Trinajstić information content (AvgIpc) is 3.23. The lowest BCUT2D eigenvalue weighted by molar-refractivity contribution is -0.121. The second-order valence-electron chi connectivity index (χ2n) is 6.98. The van der Waals surface area contributed by atoms with Gasteiger partial charge in [-0.2, -0.15) is 4.31 Å². The molecule has 0 aliphatic rings. The quantitative estimate of drug-likeness (QED) is 0.528. The predicted octanol–water partition coefficient (Wildman–Crippen LogP) is 3.66. The van der Waals surface area contributed by atoms with Crippen LogP contribution in [0.1, 0.15) is 38.1 Å². The van der Waals surface area contributed by atoms with Crippen LogP contribution in [-0.2, 0) is 21.2 Å². The molecule has 1 aromatic carbocycles. The fourth-order valence-electron chi connectivity index (χ4n) is 3.18.